The molecule has 2 aromatic carbocycles. The number of carbonyl (C=O) groups is 1. The van der Waals surface area contributed by atoms with Gasteiger partial charge >= 0.3 is 5.97 Å². The van der Waals surface area contributed by atoms with Crippen LogP contribution < -0.4 is 19.5 Å². The Morgan fingerprint density at radius 3 is 2.45 bits per heavy atom. The summed E-state index contributed by atoms with van der Waals surface area (Å²) in [4.78, 5) is 14.0. The first-order valence-corrected chi connectivity index (χ1v) is 10.6. The Balaban J connectivity index is 1.84. The van der Waals surface area contributed by atoms with Crippen LogP contribution in [0.4, 0.5) is 0 Å². The van der Waals surface area contributed by atoms with Gasteiger partial charge in [0.15, 0.2) is 16.6 Å². The van der Waals surface area contributed by atoms with E-state index in [1.54, 1.807) is 45.4 Å². The molecule has 7 nitrogen and oxygen atoms in total. The van der Waals surface area contributed by atoms with E-state index in [0.29, 0.717) is 41.1 Å². The lowest BCUT2D eigenvalue weighted by atomic mass is 9.92. The maximum Gasteiger partial charge on any atom is 0.338 e. The second-order valence-corrected chi connectivity index (χ2v) is 7.36. The maximum atomic E-state index is 11.8. The van der Waals surface area contributed by atoms with Crippen LogP contribution in [0.3, 0.4) is 0 Å². The predicted octanol–water partition coefficient (Wildman–Crippen LogP) is 3.36. The Hall–Kier alpha value is -3.00. The number of benzene rings is 2. The molecule has 8 heteroatoms. The highest BCUT2D eigenvalue weighted by molar-refractivity contribution is 7.80. The van der Waals surface area contributed by atoms with E-state index in [4.69, 9.17) is 31.2 Å². The standard InChI is InChI=1S/C23H28N2O5S/c1-5-29-22(26)15-6-8-17(9-7-15)30-14-19-18-13-21(28-4)20(27-3)12-16(18)10-11-25(19)23(31)24-2/h6-9,12-13,19H,5,10-11,14H2,1-4H3,(H,24,31)/t19-/m0/s1. The fourth-order valence-electron chi connectivity index (χ4n) is 3.67. The predicted molar refractivity (Wildman–Crippen MR) is 122 cm³/mol. The normalized spacial score (nSPS) is 15.0. The molecule has 166 valence electrons. The quantitative estimate of drug-likeness (QED) is 0.515. The van der Waals surface area contributed by atoms with E-state index in [2.05, 4.69) is 10.2 Å². The minimum absolute atomic E-state index is 0.103. The fourth-order valence-corrected chi connectivity index (χ4v) is 3.89. The van der Waals surface area contributed by atoms with E-state index in [9.17, 15) is 4.79 Å². The minimum atomic E-state index is -0.346. The smallest absolute Gasteiger partial charge is 0.338 e. The van der Waals surface area contributed by atoms with Crippen LogP contribution in [0.2, 0.25) is 0 Å². The van der Waals surface area contributed by atoms with Crippen molar-refractivity contribution in [3.8, 4) is 17.2 Å². The van der Waals surface area contributed by atoms with Crippen molar-refractivity contribution in [2.45, 2.75) is 19.4 Å². The lowest BCUT2D eigenvalue weighted by Crippen LogP contribution is -2.46. The molecule has 1 aliphatic rings. The van der Waals surface area contributed by atoms with Crippen molar-refractivity contribution in [2.24, 2.45) is 0 Å². The molecular weight excluding hydrogens is 416 g/mol. The van der Waals surface area contributed by atoms with Gasteiger partial charge in [-0.05, 0) is 73.1 Å². The molecule has 3 rings (SSSR count). The zero-order valence-electron chi connectivity index (χ0n) is 18.3. The van der Waals surface area contributed by atoms with Crippen molar-refractivity contribution in [3.05, 3.63) is 53.1 Å². The van der Waals surface area contributed by atoms with Crippen LogP contribution in [0.5, 0.6) is 17.2 Å². The zero-order valence-corrected chi connectivity index (χ0v) is 19.1. The molecule has 0 saturated carbocycles. The molecule has 0 bridgehead atoms. The molecule has 1 aliphatic heterocycles. The van der Waals surface area contributed by atoms with Crippen molar-refractivity contribution in [3.63, 3.8) is 0 Å². The molecule has 0 aromatic heterocycles. The van der Waals surface area contributed by atoms with Gasteiger partial charge in [-0.3, -0.25) is 0 Å². The molecule has 1 atom stereocenters. The SMILES string of the molecule is CCOC(=O)c1ccc(OC[C@H]2c3cc(OC)c(OC)cc3CCN2C(=S)NC)cc1. The van der Waals surface area contributed by atoms with Gasteiger partial charge in [0.25, 0.3) is 0 Å². The lowest BCUT2D eigenvalue weighted by molar-refractivity contribution is 0.0526. The summed E-state index contributed by atoms with van der Waals surface area (Å²) in [7, 11) is 5.08. The van der Waals surface area contributed by atoms with Crippen LogP contribution in [0.15, 0.2) is 36.4 Å². The number of esters is 1. The average molecular weight is 445 g/mol. The van der Waals surface area contributed by atoms with Crippen molar-refractivity contribution < 1.29 is 23.7 Å². The Kier molecular flexibility index (Phi) is 7.57. The summed E-state index contributed by atoms with van der Waals surface area (Å²) >= 11 is 5.54. The van der Waals surface area contributed by atoms with E-state index in [1.807, 2.05) is 19.2 Å². The van der Waals surface area contributed by atoms with Gasteiger partial charge < -0.3 is 29.2 Å². The summed E-state index contributed by atoms with van der Waals surface area (Å²) in [5, 5.41) is 3.73. The Morgan fingerprint density at radius 2 is 1.84 bits per heavy atom. The van der Waals surface area contributed by atoms with E-state index >= 15 is 0 Å². The fraction of sp³-hybridized carbons (Fsp3) is 0.391. The average Bonchev–Trinajstić information content (AvgIpc) is 2.81. The zero-order chi connectivity index (χ0) is 22.4. The van der Waals surface area contributed by atoms with E-state index in [-0.39, 0.29) is 12.0 Å². The first-order valence-electron chi connectivity index (χ1n) is 10.2. The number of hydrogen-bond donors (Lipinski definition) is 1. The molecule has 1 heterocycles. The van der Waals surface area contributed by atoms with Gasteiger partial charge in [0.2, 0.25) is 0 Å². The third-order valence-electron chi connectivity index (χ3n) is 5.25. The first-order chi connectivity index (χ1) is 15.0. The van der Waals surface area contributed by atoms with Crippen molar-refractivity contribution in [1.29, 1.82) is 0 Å². The summed E-state index contributed by atoms with van der Waals surface area (Å²) in [6.45, 7) is 3.26. The van der Waals surface area contributed by atoms with Gasteiger partial charge in [-0.2, -0.15) is 0 Å². The number of nitrogens with zero attached hydrogens (tertiary/aromatic N) is 1. The number of thiocarbonyl (C=S) groups is 1. The number of fused-ring (bicyclic) bond motifs is 1. The second-order valence-electron chi connectivity index (χ2n) is 6.98. The monoisotopic (exact) mass is 444 g/mol. The molecule has 2 aromatic rings. The molecule has 0 saturated heterocycles. The molecule has 0 amide bonds. The number of hydrogen-bond acceptors (Lipinski definition) is 6. The molecule has 31 heavy (non-hydrogen) atoms. The molecule has 0 spiro atoms. The van der Waals surface area contributed by atoms with Gasteiger partial charge in [0.1, 0.15) is 12.4 Å². The van der Waals surface area contributed by atoms with E-state index < -0.39 is 0 Å². The van der Waals surface area contributed by atoms with Crippen LogP contribution >= 0.6 is 12.2 Å². The molecule has 1 N–H and O–H groups in total. The first kappa shape index (κ1) is 22.7. The summed E-state index contributed by atoms with van der Waals surface area (Å²) in [6.07, 6.45) is 0.836. The largest absolute Gasteiger partial charge is 0.493 e. The van der Waals surface area contributed by atoms with Gasteiger partial charge in [-0.15, -0.1) is 0 Å². The highest BCUT2D eigenvalue weighted by atomic mass is 32.1. The van der Waals surface area contributed by atoms with Crippen LogP contribution in [-0.4, -0.2) is 57.0 Å². The van der Waals surface area contributed by atoms with Gasteiger partial charge in [-0.1, -0.05) is 0 Å². The van der Waals surface area contributed by atoms with Crippen molar-refractivity contribution in [1.82, 2.24) is 10.2 Å². The number of nitrogens with one attached hydrogen (secondary N) is 1. The molecular formula is C23H28N2O5S. The van der Waals surface area contributed by atoms with E-state index in [1.165, 1.54) is 5.56 Å². The third kappa shape index (κ3) is 5.02. The highest BCUT2D eigenvalue weighted by Crippen LogP contribution is 2.38. The van der Waals surface area contributed by atoms with Crippen LogP contribution in [-0.2, 0) is 11.2 Å². The van der Waals surface area contributed by atoms with Gasteiger partial charge in [-0.25, -0.2) is 4.79 Å². The molecule has 0 unspecified atom stereocenters. The van der Waals surface area contributed by atoms with Crippen molar-refractivity contribution >= 4 is 23.3 Å². The summed E-state index contributed by atoms with van der Waals surface area (Å²) in [5.74, 6) is 1.69. The number of carbonyl (C=O) groups excluding carboxylic acids is 1. The van der Waals surface area contributed by atoms with Crippen molar-refractivity contribution in [2.75, 3.05) is 41.0 Å². The van der Waals surface area contributed by atoms with Gasteiger partial charge in [0, 0.05) is 13.6 Å². The number of rotatable bonds is 7. The number of methoxy groups -OCH3 is 2. The number of ether oxygens (including phenoxy) is 4. The highest BCUT2D eigenvalue weighted by Gasteiger charge is 2.31. The third-order valence-corrected chi connectivity index (χ3v) is 5.69. The van der Waals surface area contributed by atoms with E-state index in [0.717, 1.165) is 18.5 Å². The molecule has 0 fully saturated rings. The summed E-state index contributed by atoms with van der Waals surface area (Å²) in [5.41, 5.74) is 2.76. The van der Waals surface area contributed by atoms with Crippen LogP contribution in [0, 0.1) is 0 Å². The minimum Gasteiger partial charge on any atom is -0.493 e. The topological polar surface area (TPSA) is 69.3 Å². The molecule has 0 radical (unpaired) electrons. The molecule has 0 aliphatic carbocycles. The maximum absolute atomic E-state index is 11.8. The Morgan fingerprint density at radius 1 is 1.16 bits per heavy atom. The second kappa shape index (κ2) is 10.3. The Labute approximate surface area is 188 Å². The van der Waals surface area contributed by atoms with Gasteiger partial charge in [0.05, 0.1) is 32.4 Å². The summed E-state index contributed by atoms with van der Waals surface area (Å²) < 4.78 is 22.1. The summed E-state index contributed by atoms with van der Waals surface area (Å²) in [6, 6.07) is 10.9. The Bertz CT molecular complexity index is 932. The van der Waals surface area contributed by atoms with Crippen LogP contribution in [0.1, 0.15) is 34.5 Å². The lowest BCUT2D eigenvalue weighted by Gasteiger charge is -2.39. The van der Waals surface area contributed by atoms with Crippen LogP contribution in [0.25, 0.3) is 0 Å².